The summed E-state index contributed by atoms with van der Waals surface area (Å²) in [6, 6.07) is 8.61. The average Bonchev–Trinajstić information content (AvgIpc) is 2.70. The number of unbranched alkanes of at least 4 members (excludes halogenated alkanes) is 2. The van der Waals surface area contributed by atoms with E-state index in [1.807, 2.05) is 6.92 Å². The highest BCUT2D eigenvalue weighted by Crippen LogP contribution is 2.22. The molecule has 21 heavy (non-hydrogen) atoms. The third-order valence-corrected chi connectivity index (χ3v) is 3.82. The fourth-order valence-corrected chi connectivity index (χ4v) is 2.74. The second-order valence-corrected chi connectivity index (χ2v) is 5.41. The summed E-state index contributed by atoms with van der Waals surface area (Å²) in [6.45, 7) is 6.42. The van der Waals surface area contributed by atoms with E-state index in [1.54, 1.807) is 0 Å². The molecule has 0 atom stereocenters. The molecule has 0 bridgehead atoms. The highest BCUT2D eigenvalue weighted by atomic mass is 16.5. The van der Waals surface area contributed by atoms with Crippen LogP contribution < -0.4 is 10.2 Å². The predicted octanol–water partition coefficient (Wildman–Crippen LogP) is 2.72. The molecule has 0 unspecified atom stereocenters. The number of hydrogen-bond donors (Lipinski definition) is 1. The molecule has 1 aliphatic rings. The zero-order valence-electron chi connectivity index (χ0n) is 12.9. The molecule has 0 spiro atoms. The van der Waals surface area contributed by atoms with Crippen molar-refractivity contribution >= 4 is 11.7 Å². The van der Waals surface area contributed by atoms with E-state index in [4.69, 9.17) is 4.74 Å². The van der Waals surface area contributed by atoms with Crippen LogP contribution in [-0.4, -0.2) is 32.2 Å². The summed E-state index contributed by atoms with van der Waals surface area (Å²) < 4.78 is 4.94. The molecule has 0 fully saturated rings. The molecule has 0 amide bonds. The summed E-state index contributed by atoms with van der Waals surface area (Å²) in [4.78, 5) is 13.7. The van der Waals surface area contributed by atoms with E-state index in [0.717, 1.165) is 45.4 Å². The largest absolute Gasteiger partial charge is 0.466 e. The van der Waals surface area contributed by atoms with E-state index in [-0.39, 0.29) is 5.97 Å². The van der Waals surface area contributed by atoms with Gasteiger partial charge in [-0.25, -0.2) is 0 Å². The number of carbonyl (C=O) groups excluding carboxylic acids is 1. The van der Waals surface area contributed by atoms with Crippen LogP contribution in [0.5, 0.6) is 0 Å². The first-order chi connectivity index (χ1) is 10.3. The molecular formula is C17H26N2O2. The molecule has 4 nitrogen and oxygen atoms in total. The lowest BCUT2D eigenvalue weighted by atomic mass is 10.1. The number of nitrogens with one attached hydrogen (secondary N) is 1. The minimum atomic E-state index is -0.0678. The first-order valence-electron chi connectivity index (χ1n) is 8.00. The van der Waals surface area contributed by atoms with E-state index in [2.05, 4.69) is 34.5 Å². The molecule has 1 aliphatic heterocycles. The highest BCUT2D eigenvalue weighted by Gasteiger charge is 2.13. The summed E-state index contributed by atoms with van der Waals surface area (Å²) in [6.07, 6.45) is 3.66. The number of benzene rings is 1. The minimum Gasteiger partial charge on any atom is -0.466 e. The Morgan fingerprint density at radius 2 is 2.14 bits per heavy atom. The van der Waals surface area contributed by atoms with Gasteiger partial charge in [0.05, 0.1) is 6.61 Å². The van der Waals surface area contributed by atoms with Crippen LogP contribution in [0.15, 0.2) is 24.3 Å². The van der Waals surface area contributed by atoms with Crippen LogP contribution in [0.2, 0.25) is 0 Å². The first-order valence-corrected chi connectivity index (χ1v) is 8.00. The minimum absolute atomic E-state index is 0.0678. The molecule has 0 saturated carbocycles. The quantitative estimate of drug-likeness (QED) is 0.619. The van der Waals surface area contributed by atoms with Crippen molar-refractivity contribution in [3.8, 4) is 0 Å². The Hall–Kier alpha value is -1.55. The van der Waals surface area contributed by atoms with Crippen molar-refractivity contribution in [1.29, 1.82) is 0 Å². The van der Waals surface area contributed by atoms with Crippen molar-refractivity contribution in [3.05, 3.63) is 29.8 Å². The van der Waals surface area contributed by atoms with Crippen molar-refractivity contribution in [1.82, 2.24) is 5.32 Å². The second kappa shape index (κ2) is 8.67. The lowest BCUT2D eigenvalue weighted by Crippen LogP contribution is -2.29. The summed E-state index contributed by atoms with van der Waals surface area (Å²) in [5, 5.41) is 3.46. The van der Waals surface area contributed by atoms with Gasteiger partial charge in [0.15, 0.2) is 0 Å². The third-order valence-electron chi connectivity index (χ3n) is 3.82. The standard InChI is InChI=1S/C17H26N2O2/c1-2-21-17(20)10-4-3-7-12-19-13-11-18-14-15-8-5-6-9-16(15)19/h5-6,8-9,18H,2-4,7,10-14H2,1H3. The predicted molar refractivity (Wildman–Crippen MR) is 85.5 cm³/mol. The summed E-state index contributed by atoms with van der Waals surface area (Å²) in [5.41, 5.74) is 2.73. The lowest BCUT2D eigenvalue weighted by molar-refractivity contribution is -0.143. The number of para-hydroxylation sites is 1. The Kier molecular flexibility index (Phi) is 6.54. The van der Waals surface area contributed by atoms with E-state index in [9.17, 15) is 4.79 Å². The van der Waals surface area contributed by atoms with Crippen LogP contribution in [0.25, 0.3) is 0 Å². The molecule has 0 radical (unpaired) electrons. The van der Waals surface area contributed by atoms with Gasteiger partial charge in [-0.1, -0.05) is 24.6 Å². The van der Waals surface area contributed by atoms with Crippen molar-refractivity contribution in [3.63, 3.8) is 0 Å². The average molecular weight is 290 g/mol. The smallest absolute Gasteiger partial charge is 0.305 e. The Labute approximate surface area is 127 Å². The van der Waals surface area contributed by atoms with Crippen molar-refractivity contribution in [2.24, 2.45) is 0 Å². The molecule has 1 aromatic rings. The third kappa shape index (κ3) is 5.05. The zero-order chi connectivity index (χ0) is 14.9. The van der Waals surface area contributed by atoms with E-state index >= 15 is 0 Å². The van der Waals surface area contributed by atoms with E-state index in [0.29, 0.717) is 13.0 Å². The van der Waals surface area contributed by atoms with Gasteiger partial charge in [0.1, 0.15) is 0 Å². The van der Waals surface area contributed by atoms with Gasteiger partial charge in [0, 0.05) is 38.3 Å². The van der Waals surface area contributed by atoms with Crippen molar-refractivity contribution < 1.29 is 9.53 Å². The Morgan fingerprint density at radius 3 is 3.00 bits per heavy atom. The van der Waals surface area contributed by atoms with Crippen molar-refractivity contribution in [2.45, 2.75) is 39.2 Å². The number of carbonyl (C=O) groups is 1. The molecule has 1 N–H and O–H groups in total. The van der Waals surface area contributed by atoms with Gasteiger partial charge >= 0.3 is 5.97 Å². The van der Waals surface area contributed by atoms with Gasteiger partial charge in [0.25, 0.3) is 0 Å². The molecule has 0 aromatic heterocycles. The van der Waals surface area contributed by atoms with Crippen LogP contribution in [-0.2, 0) is 16.1 Å². The number of hydrogen-bond acceptors (Lipinski definition) is 4. The molecule has 0 aliphatic carbocycles. The van der Waals surface area contributed by atoms with Gasteiger partial charge in [-0.05, 0) is 31.4 Å². The zero-order valence-corrected chi connectivity index (χ0v) is 12.9. The Balaban J connectivity index is 1.74. The molecule has 2 rings (SSSR count). The van der Waals surface area contributed by atoms with E-state index < -0.39 is 0 Å². The molecular weight excluding hydrogens is 264 g/mol. The van der Waals surface area contributed by atoms with E-state index in [1.165, 1.54) is 11.3 Å². The number of ether oxygens (including phenoxy) is 1. The van der Waals surface area contributed by atoms with Gasteiger partial charge in [0.2, 0.25) is 0 Å². The van der Waals surface area contributed by atoms with Gasteiger partial charge < -0.3 is 15.0 Å². The van der Waals surface area contributed by atoms with Crippen LogP contribution in [0.3, 0.4) is 0 Å². The second-order valence-electron chi connectivity index (χ2n) is 5.41. The monoisotopic (exact) mass is 290 g/mol. The normalized spacial score (nSPS) is 14.4. The van der Waals surface area contributed by atoms with Crippen LogP contribution in [0.4, 0.5) is 5.69 Å². The van der Waals surface area contributed by atoms with Crippen LogP contribution in [0, 0.1) is 0 Å². The topological polar surface area (TPSA) is 41.6 Å². The maximum absolute atomic E-state index is 11.3. The molecule has 1 heterocycles. The number of fused-ring (bicyclic) bond motifs is 1. The van der Waals surface area contributed by atoms with Gasteiger partial charge in [-0.15, -0.1) is 0 Å². The van der Waals surface area contributed by atoms with Crippen molar-refractivity contribution in [2.75, 3.05) is 31.1 Å². The highest BCUT2D eigenvalue weighted by molar-refractivity contribution is 5.69. The molecule has 4 heteroatoms. The fourth-order valence-electron chi connectivity index (χ4n) is 2.74. The maximum Gasteiger partial charge on any atom is 0.305 e. The molecule has 0 saturated heterocycles. The molecule has 1 aromatic carbocycles. The number of esters is 1. The number of anilines is 1. The first kappa shape index (κ1) is 15.8. The van der Waals surface area contributed by atoms with Gasteiger partial charge in [-0.3, -0.25) is 4.79 Å². The number of rotatable bonds is 7. The Bertz CT molecular complexity index is 448. The summed E-state index contributed by atoms with van der Waals surface area (Å²) >= 11 is 0. The van der Waals surface area contributed by atoms with Gasteiger partial charge in [-0.2, -0.15) is 0 Å². The molecule has 116 valence electrons. The van der Waals surface area contributed by atoms with Crippen LogP contribution >= 0.6 is 0 Å². The lowest BCUT2D eigenvalue weighted by Gasteiger charge is -2.24. The maximum atomic E-state index is 11.3. The van der Waals surface area contributed by atoms with Crippen LogP contribution in [0.1, 0.15) is 38.2 Å². The Morgan fingerprint density at radius 1 is 1.29 bits per heavy atom. The summed E-state index contributed by atoms with van der Waals surface area (Å²) in [7, 11) is 0. The number of nitrogens with zero attached hydrogens (tertiary/aromatic N) is 1. The summed E-state index contributed by atoms with van der Waals surface area (Å²) in [5.74, 6) is -0.0678. The SMILES string of the molecule is CCOC(=O)CCCCCN1CCNCc2ccccc21. The fraction of sp³-hybridized carbons (Fsp3) is 0.588.